The van der Waals surface area contributed by atoms with Gasteiger partial charge in [-0.2, -0.15) is 0 Å². The Morgan fingerprint density at radius 1 is 1.29 bits per heavy atom. The second-order valence-corrected chi connectivity index (χ2v) is 3.39. The van der Waals surface area contributed by atoms with Gasteiger partial charge in [0, 0.05) is 0 Å². The summed E-state index contributed by atoms with van der Waals surface area (Å²) in [6.07, 6.45) is -1.87. The lowest BCUT2D eigenvalue weighted by Crippen LogP contribution is -2.25. The monoisotopic (exact) mass is 238 g/mol. The smallest absolute Gasteiger partial charge is 0.335 e. The minimum Gasteiger partial charge on any atom is -0.467 e. The van der Waals surface area contributed by atoms with Gasteiger partial charge < -0.3 is 14.6 Å². The fourth-order valence-corrected chi connectivity index (χ4v) is 1.17. The quantitative estimate of drug-likeness (QED) is 0.762. The number of aliphatic hydroxyl groups is 1. The van der Waals surface area contributed by atoms with Crippen LogP contribution in [0.2, 0.25) is 0 Å². The zero-order valence-corrected chi connectivity index (χ0v) is 9.46. The number of benzene rings is 1. The van der Waals surface area contributed by atoms with Crippen molar-refractivity contribution in [2.24, 2.45) is 0 Å². The van der Waals surface area contributed by atoms with Gasteiger partial charge in [-0.1, -0.05) is 30.3 Å². The molecule has 1 aromatic rings. The molecule has 1 rings (SSSR count). The van der Waals surface area contributed by atoms with Crippen molar-refractivity contribution in [3.05, 3.63) is 35.9 Å². The van der Waals surface area contributed by atoms with Crippen LogP contribution in [0.4, 0.5) is 0 Å². The molecule has 92 valence electrons. The summed E-state index contributed by atoms with van der Waals surface area (Å²) in [5.74, 6) is -1.49. The van der Waals surface area contributed by atoms with Gasteiger partial charge in [0.25, 0.3) is 0 Å². The van der Waals surface area contributed by atoms with Gasteiger partial charge in [-0.3, -0.25) is 4.79 Å². The third-order valence-electron chi connectivity index (χ3n) is 2.08. The van der Waals surface area contributed by atoms with E-state index in [0.29, 0.717) is 0 Å². The Morgan fingerprint density at radius 2 is 1.94 bits per heavy atom. The normalized spacial score (nSPS) is 11.6. The lowest BCUT2D eigenvalue weighted by Gasteiger charge is -2.08. The second kappa shape index (κ2) is 6.65. The maximum atomic E-state index is 11.3. The van der Waals surface area contributed by atoms with Gasteiger partial charge in [0.2, 0.25) is 0 Å². The maximum absolute atomic E-state index is 11.3. The van der Waals surface area contributed by atoms with Crippen LogP contribution in [0, 0.1) is 0 Å². The number of hydrogen-bond acceptors (Lipinski definition) is 5. The first-order valence-electron chi connectivity index (χ1n) is 5.09. The number of methoxy groups -OCH3 is 1. The van der Waals surface area contributed by atoms with Crippen LogP contribution in [0.1, 0.15) is 12.0 Å². The molecule has 1 atom stereocenters. The lowest BCUT2D eigenvalue weighted by atomic mass is 10.2. The predicted octanol–water partition coefficient (Wildman–Crippen LogP) is 0.654. The van der Waals surface area contributed by atoms with E-state index in [1.54, 1.807) is 0 Å². The first kappa shape index (κ1) is 13.2. The number of esters is 2. The summed E-state index contributed by atoms with van der Waals surface area (Å²) in [4.78, 5) is 22.1. The summed E-state index contributed by atoms with van der Waals surface area (Å²) < 4.78 is 9.17. The molecule has 5 heteroatoms. The van der Waals surface area contributed by atoms with Gasteiger partial charge in [-0.05, 0) is 5.56 Å². The van der Waals surface area contributed by atoms with Crippen molar-refractivity contribution in [1.29, 1.82) is 0 Å². The molecular formula is C12H14O5. The first-order valence-corrected chi connectivity index (χ1v) is 5.09. The molecule has 0 amide bonds. The van der Waals surface area contributed by atoms with Crippen LogP contribution in [0.25, 0.3) is 0 Å². The van der Waals surface area contributed by atoms with E-state index in [2.05, 4.69) is 4.74 Å². The van der Waals surface area contributed by atoms with E-state index in [9.17, 15) is 14.7 Å². The van der Waals surface area contributed by atoms with Crippen molar-refractivity contribution < 1.29 is 24.2 Å². The summed E-state index contributed by atoms with van der Waals surface area (Å²) in [6, 6.07) is 9.12. The van der Waals surface area contributed by atoms with Crippen LogP contribution < -0.4 is 0 Å². The van der Waals surface area contributed by atoms with Crippen molar-refractivity contribution in [1.82, 2.24) is 0 Å². The number of carbonyl (C=O) groups is 2. The van der Waals surface area contributed by atoms with Gasteiger partial charge in [-0.15, -0.1) is 0 Å². The third-order valence-corrected chi connectivity index (χ3v) is 2.08. The Kier molecular flexibility index (Phi) is 5.16. The van der Waals surface area contributed by atoms with E-state index in [1.807, 2.05) is 30.3 Å². The molecule has 1 N–H and O–H groups in total. The van der Waals surface area contributed by atoms with Gasteiger partial charge >= 0.3 is 11.9 Å². The zero-order chi connectivity index (χ0) is 12.7. The SMILES string of the molecule is COC(=O)[C@@H](O)CC(=O)OCc1ccccc1. The van der Waals surface area contributed by atoms with Crippen molar-refractivity contribution in [3.8, 4) is 0 Å². The molecule has 0 aliphatic carbocycles. The molecule has 0 aromatic heterocycles. The summed E-state index contributed by atoms with van der Waals surface area (Å²) >= 11 is 0. The molecular weight excluding hydrogens is 224 g/mol. The fraction of sp³-hybridized carbons (Fsp3) is 0.333. The molecule has 0 aliphatic heterocycles. The summed E-state index contributed by atoms with van der Waals surface area (Å²) in [7, 11) is 1.14. The minimum atomic E-state index is -1.47. The highest BCUT2D eigenvalue weighted by atomic mass is 16.5. The second-order valence-electron chi connectivity index (χ2n) is 3.39. The average Bonchev–Trinajstić information content (AvgIpc) is 2.36. The molecule has 0 bridgehead atoms. The molecule has 5 nitrogen and oxygen atoms in total. The van der Waals surface area contributed by atoms with E-state index in [0.717, 1.165) is 12.7 Å². The molecule has 0 saturated carbocycles. The largest absolute Gasteiger partial charge is 0.467 e. The van der Waals surface area contributed by atoms with E-state index in [4.69, 9.17) is 4.74 Å². The van der Waals surface area contributed by atoms with E-state index >= 15 is 0 Å². The topological polar surface area (TPSA) is 72.8 Å². The van der Waals surface area contributed by atoms with E-state index in [1.165, 1.54) is 0 Å². The Labute approximate surface area is 99.0 Å². The number of rotatable bonds is 5. The number of carbonyl (C=O) groups excluding carboxylic acids is 2. The van der Waals surface area contributed by atoms with Gasteiger partial charge in [0.15, 0.2) is 6.10 Å². The van der Waals surface area contributed by atoms with E-state index < -0.39 is 24.5 Å². The molecule has 1 aromatic carbocycles. The molecule has 0 heterocycles. The molecule has 17 heavy (non-hydrogen) atoms. The zero-order valence-electron chi connectivity index (χ0n) is 9.46. The van der Waals surface area contributed by atoms with Crippen LogP contribution in [0.5, 0.6) is 0 Å². The number of hydrogen-bond donors (Lipinski definition) is 1. The molecule has 0 saturated heterocycles. The fourth-order valence-electron chi connectivity index (χ4n) is 1.17. The van der Waals surface area contributed by atoms with E-state index in [-0.39, 0.29) is 6.61 Å². The van der Waals surface area contributed by atoms with Gasteiger partial charge in [0.1, 0.15) is 6.61 Å². The minimum absolute atomic E-state index is 0.119. The highest BCUT2D eigenvalue weighted by molar-refractivity contribution is 5.81. The van der Waals surface area contributed by atoms with Crippen LogP contribution in [0.3, 0.4) is 0 Å². The van der Waals surface area contributed by atoms with Crippen LogP contribution in [-0.4, -0.2) is 30.3 Å². The molecule has 0 fully saturated rings. The Balaban J connectivity index is 2.33. The molecule has 0 radical (unpaired) electrons. The van der Waals surface area contributed by atoms with Crippen molar-refractivity contribution in [2.45, 2.75) is 19.1 Å². The van der Waals surface area contributed by atoms with Gasteiger partial charge in [0.05, 0.1) is 13.5 Å². The van der Waals surface area contributed by atoms with Crippen LogP contribution in [-0.2, 0) is 25.7 Å². The highest BCUT2D eigenvalue weighted by Crippen LogP contribution is 2.03. The summed E-state index contributed by atoms with van der Waals surface area (Å²) in [6.45, 7) is 0.119. The predicted molar refractivity (Wildman–Crippen MR) is 58.9 cm³/mol. The Bertz CT molecular complexity index is 374. The molecule has 0 unspecified atom stereocenters. The summed E-state index contributed by atoms with van der Waals surface area (Å²) in [5, 5.41) is 9.21. The van der Waals surface area contributed by atoms with Crippen molar-refractivity contribution >= 4 is 11.9 Å². The third kappa shape index (κ3) is 4.65. The summed E-state index contributed by atoms with van der Waals surface area (Å²) in [5.41, 5.74) is 0.841. The van der Waals surface area contributed by atoms with Crippen molar-refractivity contribution in [3.63, 3.8) is 0 Å². The number of aliphatic hydroxyl groups excluding tert-OH is 1. The lowest BCUT2D eigenvalue weighted by molar-refractivity contribution is -0.158. The van der Waals surface area contributed by atoms with Crippen LogP contribution in [0.15, 0.2) is 30.3 Å². The Hall–Kier alpha value is -1.88. The average molecular weight is 238 g/mol. The molecule has 0 spiro atoms. The Morgan fingerprint density at radius 3 is 2.53 bits per heavy atom. The standard InChI is InChI=1S/C12H14O5/c1-16-12(15)10(13)7-11(14)17-8-9-5-3-2-4-6-9/h2-6,10,13H,7-8H2,1H3/t10-/m0/s1. The van der Waals surface area contributed by atoms with Crippen molar-refractivity contribution in [2.75, 3.05) is 7.11 Å². The highest BCUT2D eigenvalue weighted by Gasteiger charge is 2.20. The first-order chi connectivity index (χ1) is 8.13. The number of ether oxygens (including phenoxy) is 2. The van der Waals surface area contributed by atoms with Gasteiger partial charge in [-0.25, -0.2) is 4.79 Å². The maximum Gasteiger partial charge on any atom is 0.335 e. The van der Waals surface area contributed by atoms with Crippen LogP contribution >= 0.6 is 0 Å². The molecule has 0 aliphatic rings.